The van der Waals surface area contributed by atoms with E-state index in [1.165, 1.54) is 17.0 Å². The van der Waals surface area contributed by atoms with Gasteiger partial charge in [0, 0.05) is 43.8 Å². The Morgan fingerprint density at radius 3 is 2.41 bits per heavy atom. The molecular formula is C21H21FN4O3. The highest BCUT2D eigenvalue weighted by Gasteiger charge is 2.11. The summed E-state index contributed by atoms with van der Waals surface area (Å²) < 4.78 is 18.2. The quantitative estimate of drug-likeness (QED) is 0.660. The standard InChI is InChI=1S/C21H21FN4O3/c1-26(2)21(28)15-8-12-17(13-9-15)23-18(27)4-3-5-19-24-20(25-29-19)14-6-10-16(22)11-7-14/h6-13H,3-5H2,1-2H3,(H,23,27). The van der Waals surface area contributed by atoms with Crippen molar-refractivity contribution in [3.05, 3.63) is 65.8 Å². The van der Waals surface area contributed by atoms with Gasteiger partial charge in [0.05, 0.1) is 0 Å². The second-order valence-corrected chi connectivity index (χ2v) is 6.70. The SMILES string of the molecule is CN(C)C(=O)c1ccc(NC(=O)CCCc2nc(-c3ccc(F)cc3)no2)cc1. The van der Waals surface area contributed by atoms with Gasteiger partial charge in [-0.25, -0.2) is 4.39 Å². The second-order valence-electron chi connectivity index (χ2n) is 6.70. The monoisotopic (exact) mass is 396 g/mol. The molecule has 0 aliphatic rings. The fraction of sp³-hybridized carbons (Fsp3) is 0.238. The van der Waals surface area contributed by atoms with Crippen LogP contribution in [0.2, 0.25) is 0 Å². The normalized spacial score (nSPS) is 10.6. The number of nitrogens with zero attached hydrogens (tertiary/aromatic N) is 3. The van der Waals surface area contributed by atoms with Crippen molar-refractivity contribution in [2.45, 2.75) is 19.3 Å². The zero-order chi connectivity index (χ0) is 20.8. The summed E-state index contributed by atoms with van der Waals surface area (Å²) in [4.78, 5) is 29.7. The highest BCUT2D eigenvalue weighted by Crippen LogP contribution is 2.17. The van der Waals surface area contributed by atoms with Gasteiger partial charge in [-0.15, -0.1) is 0 Å². The molecule has 0 atom stereocenters. The summed E-state index contributed by atoms with van der Waals surface area (Å²) in [5, 5.41) is 6.67. The molecule has 2 aromatic carbocycles. The minimum atomic E-state index is -0.331. The van der Waals surface area contributed by atoms with E-state index in [2.05, 4.69) is 15.5 Å². The maximum absolute atomic E-state index is 13.0. The van der Waals surface area contributed by atoms with Crippen molar-refractivity contribution in [3.63, 3.8) is 0 Å². The van der Waals surface area contributed by atoms with Crippen LogP contribution in [0.25, 0.3) is 11.4 Å². The molecule has 1 aromatic heterocycles. The average Bonchev–Trinajstić information content (AvgIpc) is 3.17. The van der Waals surface area contributed by atoms with E-state index in [4.69, 9.17) is 4.52 Å². The van der Waals surface area contributed by atoms with Gasteiger partial charge < -0.3 is 14.7 Å². The predicted octanol–water partition coefficient (Wildman–Crippen LogP) is 3.54. The molecule has 3 aromatic rings. The molecule has 150 valence electrons. The van der Waals surface area contributed by atoms with Gasteiger partial charge >= 0.3 is 0 Å². The van der Waals surface area contributed by atoms with Gasteiger partial charge in [-0.2, -0.15) is 4.98 Å². The molecule has 7 nitrogen and oxygen atoms in total. The van der Waals surface area contributed by atoms with E-state index in [1.807, 2.05) is 0 Å². The Morgan fingerprint density at radius 2 is 1.76 bits per heavy atom. The van der Waals surface area contributed by atoms with Gasteiger partial charge in [-0.3, -0.25) is 9.59 Å². The number of aryl methyl sites for hydroxylation is 1. The van der Waals surface area contributed by atoms with Crippen LogP contribution in [-0.2, 0) is 11.2 Å². The lowest BCUT2D eigenvalue weighted by Crippen LogP contribution is -2.21. The van der Waals surface area contributed by atoms with Crippen LogP contribution < -0.4 is 5.32 Å². The summed E-state index contributed by atoms with van der Waals surface area (Å²) >= 11 is 0. The van der Waals surface area contributed by atoms with Crippen molar-refractivity contribution >= 4 is 17.5 Å². The Morgan fingerprint density at radius 1 is 1.07 bits per heavy atom. The third kappa shape index (κ3) is 5.47. The van der Waals surface area contributed by atoms with E-state index < -0.39 is 0 Å². The lowest BCUT2D eigenvalue weighted by molar-refractivity contribution is -0.116. The molecule has 0 aliphatic carbocycles. The summed E-state index contributed by atoms with van der Waals surface area (Å²) in [5.41, 5.74) is 1.85. The molecule has 0 spiro atoms. The number of halogens is 1. The van der Waals surface area contributed by atoms with Gasteiger partial charge in [0.1, 0.15) is 5.82 Å². The van der Waals surface area contributed by atoms with Crippen molar-refractivity contribution in [1.82, 2.24) is 15.0 Å². The fourth-order valence-electron chi connectivity index (χ4n) is 2.65. The van der Waals surface area contributed by atoms with Gasteiger partial charge in [-0.1, -0.05) is 5.16 Å². The summed E-state index contributed by atoms with van der Waals surface area (Å²) in [6.45, 7) is 0. The van der Waals surface area contributed by atoms with Crippen molar-refractivity contribution < 1.29 is 18.5 Å². The molecule has 3 rings (SSSR count). The zero-order valence-electron chi connectivity index (χ0n) is 16.2. The first-order valence-corrected chi connectivity index (χ1v) is 9.12. The van der Waals surface area contributed by atoms with Gasteiger partial charge in [0.2, 0.25) is 17.6 Å². The topological polar surface area (TPSA) is 88.3 Å². The Hall–Kier alpha value is -3.55. The molecule has 0 radical (unpaired) electrons. The molecule has 0 saturated heterocycles. The minimum Gasteiger partial charge on any atom is -0.345 e. The first kappa shape index (κ1) is 20.2. The third-order valence-corrected chi connectivity index (χ3v) is 4.19. The Labute approximate surface area is 167 Å². The molecular weight excluding hydrogens is 375 g/mol. The number of aromatic nitrogens is 2. The maximum atomic E-state index is 13.0. The third-order valence-electron chi connectivity index (χ3n) is 4.19. The summed E-state index contributed by atoms with van der Waals surface area (Å²) in [6.07, 6.45) is 1.28. The molecule has 0 saturated carbocycles. The summed E-state index contributed by atoms with van der Waals surface area (Å²) in [6, 6.07) is 12.6. The maximum Gasteiger partial charge on any atom is 0.253 e. The molecule has 8 heteroatoms. The number of anilines is 1. The Kier molecular flexibility index (Phi) is 6.33. The lowest BCUT2D eigenvalue weighted by Gasteiger charge is -2.11. The molecule has 0 unspecified atom stereocenters. The highest BCUT2D eigenvalue weighted by molar-refractivity contribution is 5.95. The van der Waals surface area contributed by atoms with Crippen LogP contribution in [0, 0.1) is 5.82 Å². The number of nitrogens with one attached hydrogen (secondary N) is 1. The summed E-state index contributed by atoms with van der Waals surface area (Å²) in [7, 11) is 3.37. The molecule has 1 N–H and O–H groups in total. The molecule has 0 fully saturated rings. The van der Waals surface area contributed by atoms with Crippen molar-refractivity contribution in [3.8, 4) is 11.4 Å². The van der Waals surface area contributed by atoms with Crippen LogP contribution >= 0.6 is 0 Å². The smallest absolute Gasteiger partial charge is 0.253 e. The fourth-order valence-corrected chi connectivity index (χ4v) is 2.65. The molecule has 0 aliphatic heterocycles. The van der Waals surface area contributed by atoms with Gasteiger partial charge in [0.25, 0.3) is 5.91 Å². The van der Waals surface area contributed by atoms with Crippen LogP contribution in [0.1, 0.15) is 29.1 Å². The van der Waals surface area contributed by atoms with Crippen LogP contribution in [0.15, 0.2) is 53.1 Å². The number of amides is 2. The van der Waals surface area contributed by atoms with Crippen molar-refractivity contribution in [2.24, 2.45) is 0 Å². The van der Waals surface area contributed by atoms with Gasteiger partial charge in [-0.05, 0) is 55.0 Å². The average molecular weight is 396 g/mol. The summed E-state index contributed by atoms with van der Waals surface area (Å²) in [5.74, 6) is 0.236. The molecule has 0 bridgehead atoms. The van der Waals surface area contributed by atoms with Crippen LogP contribution in [-0.4, -0.2) is 41.0 Å². The van der Waals surface area contributed by atoms with E-state index in [0.29, 0.717) is 41.4 Å². The lowest BCUT2D eigenvalue weighted by atomic mass is 10.1. The van der Waals surface area contributed by atoms with E-state index in [-0.39, 0.29) is 24.1 Å². The molecule has 29 heavy (non-hydrogen) atoms. The molecule has 2 amide bonds. The largest absolute Gasteiger partial charge is 0.345 e. The van der Waals surface area contributed by atoms with Gasteiger partial charge in [0.15, 0.2) is 0 Å². The zero-order valence-corrected chi connectivity index (χ0v) is 16.2. The predicted molar refractivity (Wildman–Crippen MR) is 106 cm³/mol. The van der Waals surface area contributed by atoms with Crippen LogP contribution in [0.3, 0.4) is 0 Å². The first-order chi connectivity index (χ1) is 13.9. The van der Waals surface area contributed by atoms with Crippen LogP contribution in [0.4, 0.5) is 10.1 Å². The van der Waals surface area contributed by atoms with Crippen LogP contribution in [0.5, 0.6) is 0 Å². The number of hydrogen-bond acceptors (Lipinski definition) is 5. The molecule has 1 heterocycles. The van der Waals surface area contributed by atoms with E-state index in [0.717, 1.165) is 0 Å². The number of carbonyl (C=O) groups excluding carboxylic acids is 2. The highest BCUT2D eigenvalue weighted by atomic mass is 19.1. The second kappa shape index (κ2) is 9.09. The number of rotatable bonds is 7. The van der Waals surface area contributed by atoms with E-state index >= 15 is 0 Å². The Bertz CT molecular complexity index is 982. The van der Waals surface area contributed by atoms with E-state index in [1.54, 1.807) is 50.5 Å². The van der Waals surface area contributed by atoms with Crippen molar-refractivity contribution in [2.75, 3.05) is 19.4 Å². The number of carbonyl (C=O) groups is 2. The Balaban J connectivity index is 1.46. The van der Waals surface area contributed by atoms with E-state index in [9.17, 15) is 14.0 Å². The number of benzene rings is 2. The first-order valence-electron chi connectivity index (χ1n) is 9.12. The van der Waals surface area contributed by atoms with Crippen molar-refractivity contribution in [1.29, 1.82) is 0 Å². The number of hydrogen-bond donors (Lipinski definition) is 1. The minimum absolute atomic E-state index is 0.0950.